The predicted octanol–water partition coefficient (Wildman–Crippen LogP) is 1.53. The van der Waals surface area contributed by atoms with Crippen molar-refractivity contribution in [2.24, 2.45) is 11.7 Å². The molecule has 0 bridgehead atoms. The molecule has 3 rings (SSSR count). The van der Waals surface area contributed by atoms with Gasteiger partial charge in [-0.05, 0) is 12.3 Å². The van der Waals surface area contributed by atoms with Crippen molar-refractivity contribution in [1.29, 1.82) is 0 Å². The molecule has 0 aromatic carbocycles. The second-order valence-corrected chi connectivity index (χ2v) is 4.29. The van der Waals surface area contributed by atoms with E-state index in [0.717, 1.165) is 23.4 Å². The van der Waals surface area contributed by atoms with E-state index in [2.05, 4.69) is 10.1 Å². The first-order valence-electron chi connectivity index (χ1n) is 5.37. The maximum atomic E-state index is 6.17. The fraction of sp³-hybridized carbons (Fsp3) is 0.455. The van der Waals surface area contributed by atoms with Crippen LogP contribution < -0.4 is 5.73 Å². The first-order valence-corrected chi connectivity index (χ1v) is 5.37. The Morgan fingerprint density at radius 3 is 3.13 bits per heavy atom. The van der Waals surface area contributed by atoms with Gasteiger partial charge < -0.3 is 5.73 Å². The number of nitrogens with zero attached hydrogens (tertiary/aromatic N) is 3. The molecule has 0 radical (unpaired) electrons. The van der Waals surface area contributed by atoms with Crippen LogP contribution in [0.2, 0.25) is 0 Å². The van der Waals surface area contributed by atoms with Gasteiger partial charge in [-0.15, -0.1) is 0 Å². The zero-order valence-corrected chi connectivity index (χ0v) is 8.50. The van der Waals surface area contributed by atoms with E-state index < -0.39 is 0 Å². The molecule has 2 heterocycles. The molecule has 0 amide bonds. The molecule has 0 spiro atoms. The van der Waals surface area contributed by atoms with Crippen LogP contribution in [0, 0.1) is 5.92 Å². The van der Waals surface area contributed by atoms with Crippen LogP contribution >= 0.6 is 0 Å². The molecule has 78 valence electrons. The number of hydrogen-bond acceptors (Lipinski definition) is 3. The summed E-state index contributed by atoms with van der Waals surface area (Å²) in [4.78, 5) is 4.11. The SMILES string of the molecule is NC(CC1CC1)c1cnn2ccncc12. The number of fused-ring (bicyclic) bond motifs is 1. The molecule has 1 saturated carbocycles. The Kier molecular flexibility index (Phi) is 1.95. The van der Waals surface area contributed by atoms with Crippen LogP contribution in [0.3, 0.4) is 0 Å². The van der Waals surface area contributed by atoms with E-state index in [1.807, 2.05) is 23.1 Å². The highest BCUT2D eigenvalue weighted by Gasteiger charge is 2.25. The molecule has 1 atom stereocenters. The maximum absolute atomic E-state index is 6.17. The summed E-state index contributed by atoms with van der Waals surface area (Å²) >= 11 is 0. The van der Waals surface area contributed by atoms with Crippen molar-refractivity contribution in [3.63, 3.8) is 0 Å². The van der Waals surface area contributed by atoms with E-state index >= 15 is 0 Å². The van der Waals surface area contributed by atoms with Crippen LogP contribution in [0.25, 0.3) is 5.52 Å². The predicted molar refractivity (Wildman–Crippen MR) is 57.3 cm³/mol. The van der Waals surface area contributed by atoms with Gasteiger partial charge in [-0.1, -0.05) is 12.8 Å². The molecular formula is C11H14N4. The molecule has 1 aliphatic rings. The zero-order chi connectivity index (χ0) is 10.3. The Hall–Kier alpha value is -1.42. The summed E-state index contributed by atoms with van der Waals surface area (Å²) in [5.74, 6) is 0.839. The standard InChI is InChI=1S/C11H14N4/c12-10(5-8-1-2-8)9-6-14-15-4-3-13-7-11(9)15/h3-4,6-8,10H,1-2,5,12H2. The maximum Gasteiger partial charge on any atom is 0.0892 e. The second-order valence-electron chi connectivity index (χ2n) is 4.29. The summed E-state index contributed by atoms with van der Waals surface area (Å²) in [6.45, 7) is 0. The first-order chi connectivity index (χ1) is 7.34. The molecule has 2 N–H and O–H groups in total. The number of rotatable bonds is 3. The van der Waals surface area contributed by atoms with E-state index in [-0.39, 0.29) is 6.04 Å². The summed E-state index contributed by atoms with van der Waals surface area (Å²) in [7, 11) is 0. The lowest BCUT2D eigenvalue weighted by Crippen LogP contribution is -2.10. The molecule has 1 aliphatic carbocycles. The van der Waals surface area contributed by atoms with Crippen LogP contribution in [0.15, 0.2) is 24.8 Å². The van der Waals surface area contributed by atoms with E-state index in [9.17, 15) is 0 Å². The van der Waals surface area contributed by atoms with Gasteiger partial charge in [0.1, 0.15) is 0 Å². The minimum Gasteiger partial charge on any atom is -0.324 e. The smallest absolute Gasteiger partial charge is 0.0892 e. The fourth-order valence-corrected chi connectivity index (χ4v) is 1.98. The summed E-state index contributed by atoms with van der Waals surface area (Å²) in [6.07, 6.45) is 11.0. The van der Waals surface area contributed by atoms with Crippen molar-refractivity contribution < 1.29 is 0 Å². The minimum absolute atomic E-state index is 0.110. The number of nitrogens with two attached hydrogens (primary N) is 1. The second kappa shape index (κ2) is 3.31. The summed E-state index contributed by atoms with van der Waals surface area (Å²) in [5.41, 5.74) is 8.32. The molecule has 4 nitrogen and oxygen atoms in total. The van der Waals surface area contributed by atoms with Gasteiger partial charge in [-0.3, -0.25) is 4.98 Å². The highest BCUT2D eigenvalue weighted by Crippen LogP contribution is 2.37. The molecule has 15 heavy (non-hydrogen) atoms. The molecule has 4 heteroatoms. The summed E-state index contributed by atoms with van der Waals surface area (Å²) in [5, 5.41) is 4.26. The quantitative estimate of drug-likeness (QED) is 0.821. The Balaban J connectivity index is 1.95. The van der Waals surface area contributed by atoms with Crippen molar-refractivity contribution in [3.05, 3.63) is 30.4 Å². The third kappa shape index (κ3) is 1.61. The number of aromatic nitrogens is 3. The molecule has 1 unspecified atom stereocenters. The van der Waals surface area contributed by atoms with Crippen molar-refractivity contribution in [3.8, 4) is 0 Å². The lowest BCUT2D eigenvalue weighted by molar-refractivity contribution is 0.600. The molecule has 2 aromatic heterocycles. The lowest BCUT2D eigenvalue weighted by atomic mass is 10.0. The largest absolute Gasteiger partial charge is 0.324 e. The molecule has 0 aliphatic heterocycles. The molecule has 1 fully saturated rings. The van der Waals surface area contributed by atoms with Gasteiger partial charge in [0.2, 0.25) is 0 Å². The number of hydrogen-bond donors (Lipinski definition) is 1. The van der Waals surface area contributed by atoms with Crippen molar-refractivity contribution in [1.82, 2.24) is 14.6 Å². The minimum atomic E-state index is 0.110. The van der Waals surface area contributed by atoms with Crippen LogP contribution in [0.4, 0.5) is 0 Å². The first kappa shape index (κ1) is 8.85. The fourth-order valence-electron chi connectivity index (χ4n) is 1.98. The van der Waals surface area contributed by atoms with E-state index in [1.54, 1.807) is 6.20 Å². The van der Waals surface area contributed by atoms with Crippen molar-refractivity contribution >= 4 is 5.52 Å². The summed E-state index contributed by atoms with van der Waals surface area (Å²) in [6, 6.07) is 0.110. The Labute approximate surface area is 88.1 Å². The van der Waals surface area contributed by atoms with Crippen molar-refractivity contribution in [2.75, 3.05) is 0 Å². The normalized spacial score (nSPS) is 18.2. The van der Waals surface area contributed by atoms with Gasteiger partial charge in [0.25, 0.3) is 0 Å². The van der Waals surface area contributed by atoms with E-state index in [4.69, 9.17) is 5.73 Å². The molecular weight excluding hydrogens is 188 g/mol. The average Bonchev–Trinajstić information content (AvgIpc) is 2.96. The van der Waals surface area contributed by atoms with Crippen LogP contribution in [0.5, 0.6) is 0 Å². The average molecular weight is 202 g/mol. The van der Waals surface area contributed by atoms with Gasteiger partial charge in [0.05, 0.1) is 17.9 Å². The third-order valence-electron chi connectivity index (χ3n) is 3.04. The highest BCUT2D eigenvalue weighted by molar-refractivity contribution is 5.53. The van der Waals surface area contributed by atoms with Crippen LogP contribution in [-0.2, 0) is 0 Å². The Morgan fingerprint density at radius 1 is 1.47 bits per heavy atom. The monoisotopic (exact) mass is 202 g/mol. The van der Waals surface area contributed by atoms with Gasteiger partial charge in [0, 0.05) is 24.0 Å². The van der Waals surface area contributed by atoms with E-state index in [0.29, 0.717) is 0 Å². The third-order valence-corrected chi connectivity index (χ3v) is 3.04. The zero-order valence-electron chi connectivity index (χ0n) is 8.50. The van der Waals surface area contributed by atoms with E-state index in [1.165, 1.54) is 12.8 Å². The topological polar surface area (TPSA) is 56.2 Å². The van der Waals surface area contributed by atoms with Crippen LogP contribution in [-0.4, -0.2) is 14.6 Å². The van der Waals surface area contributed by atoms with Gasteiger partial charge in [-0.2, -0.15) is 5.10 Å². The van der Waals surface area contributed by atoms with Crippen LogP contribution in [0.1, 0.15) is 30.9 Å². The van der Waals surface area contributed by atoms with Crippen molar-refractivity contribution in [2.45, 2.75) is 25.3 Å². The highest BCUT2D eigenvalue weighted by atomic mass is 15.2. The molecule has 2 aromatic rings. The Bertz CT molecular complexity index is 472. The summed E-state index contributed by atoms with van der Waals surface area (Å²) < 4.78 is 1.83. The van der Waals surface area contributed by atoms with Gasteiger partial charge in [-0.25, -0.2) is 4.52 Å². The van der Waals surface area contributed by atoms with Gasteiger partial charge >= 0.3 is 0 Å². The Morgan fingerprint density at radius 2 is 2.33 bits per heavy atom. The lowest BCUT2D eigenvalue weighted by Gasteiger charge is -2.08. The van der Waals surface area contributed by atoms with Gasteiger partial charge in [0.15, 0.2) is 0 Å². The molecule has 0 saturated heterocycles.